The quantitative estimate of drug-likeness (QED) is 0.712. The molecule has 4 heterocycles. The van der Waals surface area contributed by atoms with Gasteiger partial charge >= 0.3 is 12.2 Å². The topological polar surface area (TPSA) is 87.7 Å². The number of primary amides is 1. The number of amides is 2. The van der Waals surface area contributed by atoms with Crippen LogP contribution in [0.1, 0.15) is 47.2 Å². The maximum absolute atomic E-state index is 13.6. The highest BCUT2D eigenvalue weighted by molar-refractivity contribution is 5.93. The lowest BCUT2D eigenvalue weighted by molar-refractivity contribution is -0.137. The monoisotopic (exact) mass is 490 g/mol. The van der Waals surface area contributed by atoms with Gasteiger partial charge in [0.05, 0.1) is 17.3 Å². The van der Waals surface area contributed by atoms with Crippen LogP contribution in [0.15, 0.2) is 30.6 Å². The molecule has 0 saturated carbocycles. The van der Waals surface area contributed by atoms with Crippen LogP contribution in [0.25, 0.3) is 0 Å². The minimum Gasteiger partial charge on any atom is -0.372 e. The third-order valence-electron chi connectivity index (χ3n) is 7.47. The van der Waals surface area contributed by atoms with Gasteiger partial charge in [0, 0.05) is 56.6 Å². The number of halogens is 3. The number of nitrogens with two attached hydrogens (primary N) is 1. The molecule has 1 unspecified atom stereocenters. The Morgan fingerprint density at radius 2 is 1.77 bits per heavy atom. The Bertz CT molecular complexity index is 1130. The Hall–Kier alpha value is -3.08. The van der Waals surface area contributed by atoms with Crippen molar-refractivity contribution in [3.8, 4) is 0 Å². The van der Waals surface area contributed by atoms with Gasteiger partial charge in [0.25, 0.3) is 5.91 Å². The molecule has 3 saturated heterocycles. The van der Waals surface area contributed by atoms with Crippen LogP contribution in [0.5, 0.6) is 0 Å². The van der Waals surface area contributed by atoms with Gasteiger partial charge in [-0.15, -0.1) is 0 Å². The molecular formula is C24H29F3N6O2. The molecule has 8 nitrogen and oxygen atoms in total. The van der Waals surface area contributed by atoms with Crippen LogP contribution in [0.3, 0.4) is 0 Å². The lowest BCUT2D eigenvalue weighted by atomic mass is 9.86. The molecule has 1 aromatic carbocycles. The van der Waals surface area contributed by atoms with Crippen molar-refractivity contribution in [1.29, 1.82) is 0 Å². The number of aromatic nitrogens is 2. The fourth-order valence-electron chi connectivity index (χ4n) is 5.64. The minimum absolute atomic E-state index is 0.0885. The molecule has 1 aromatic heterocycles. The van der Waals surface area contributed by atoms with E-state index < -0.39 is 17.6 Å². The van der Waals surface area contributed by atoms with E-state index in [0.717, 1.165) is 56.5 Å². The summed E-state index contributed by atoms with van der Waals surface area (Å²) in [4.78, 5) is 30.1. The van der Waals surface area contributed by atoms with Crippen molar-refractivity contribution < 1.29 is 22.8 Å². The molecule has 3 fully saturated rings. The fourth-order valence-corrected chi connectivity index (χ4v) is 5.64. The number of carbonyl (C=O) groups is 2. The van der Waals surface area contributed by atoms with Crippen LogP contribution in [-0.4, -0.2) is 70.8 Å². The molecule has 35 heavy (non-hydrogen) atoms. The highest BCUT2D eigenvalue weighted by atomic mass is 19.4. The number of hydrogen-bond donors (Lipinski definition) is 1. The van der Waals surface area contributed by atoms with Crippen molar-refractivity contribution in [1.82, 2.24) is 19.6 Å². The van der Waals surface area contributed by atoms with Crippen molar-refractivity contribution in [2.45, 2.75) is 38.4 Å². The summed E-state index contributed by atoms with van der Waals surface area (Å²) in [7, 11) is 0. The molecular weight excluding hydrogens is 461 g/mol. The van der Waals surface area contributed by atoms with E-state index in [1.165, 1.54) is 24.5 Å². The van der Waals surface area contributed by atoms with Gasteiger partial charge in [-0.05, 0) is 56.0 Å². The van der Waals surface area contributed by atoms with E-state index in [-0.39, 0.29) is 17.0 Å². The molecule has 2 aromatic rings. The summed E-state index contributed by atoms with van der Waals surface area (Å²) in [6, 6.07) is 4.12. The Balaban J connectivity index is 1.26. The summed E-state index contributed by atoms with van der Waals surface area (Å²) in [5.74, 6) is -0.643. The van der Waals surface area contributed by atoms with Crippen molar-refractivity contribution in [3.63, 3.8) is 0 Å². The van der Waals surface area contributed by atoms with Crippen molar-refractivity contribution in [2.24, 2.45) is 11.1 Å². The lowest BCUT2D eigenvalue weighted by Gasteiger charge is -2.25. The SMILES string of the molecule is NC(=O)c1cnn(C(=O)N2CCC3(CCN(Cc4cc(N5CCCC5)cc(C(F)(F)F)c4)C3)C2)c1. The predicted molar refractivity (Wildman–Crippen MR) is 123 cm³/mol. The number of likely N-dealkylation sites (tertiary alicyclic amines) is 2. The van der Waals surface area contributed by atoms with Gasteiger partial charge in [-0.1, -0.05) is 0 Å². The normalized spacial score (nSPS) is 23.1. The van der Waals surface area contributed by atoms with Gasteiger partial charge in [-0.3, -0.25) is 9.69 Å². The molecule has 3 aliphatic rings. The average molecular weight is 491 g/mol. The number of rotatable bonds is 4. The molecule has 5 rings (SSSR count). The Morgan fingerprint density at radius 1 is 1.03 bits per heavy atom. The lowest BCUT2D eigenvalue weighted by Crippen LogP contribution is -2.36. The molecule has 3 aliphatic heterocycles. The molecule has 0 bridgehead atoms. The second-order valence-corrected chi connectivity index (χ2v) is 10.0. The second kappa shape index (κ2) is 8.85. The summed E-state index contributed by atoms with van der Waals surface area (Å²) < 4.78 is 41.9. The maximum atomic E-state index is 13.6. The van der Waals surface area contributed by atoms with Crippen LogP contribution >= 0.6 is 0 Å². The first-order valence-electron chi connectivity index (χ1n) is 11.9. The van der Waals surface area contributed by atoms with E-state index in [0.29, 0.717) is 30.9 Å². The second-order valence-electron chi connectivity index (χ2n) is 10.0. The van der Waals surface area contributed by atoms with E-state index in [1.54, 1.807) is 4.90 Å². The standard InChI is InChI=1S/C24H29F3N6O2/c25-24(26,27)19-9-17(10-20(11-19)31-5-1-2-6-31)13-30-7-3-23(15-30)4-8-32(16-23)22(35)33-14-18(12-29-33)21(28)34/h9-12,14H,1-8,13,15-16H2,(H2,28,34). The smallest absolute Gasteiger partial charge is 0.372 e. The molecule has 1 spiro atoms. The average Bonchev–Trinajstić information content (AvgIpc) is 3.61. The van der Waals surface area contributed by atoms with Crippen LogP contribution in [0, 0.1) is 5.41 Å². The number of nitrogens with zero attached hydrogens (tertiary/aromatic N) is 5. The summed E-state index contributed by atoms with van der Waals surface area (Å²) in [6.45, 7) is 4.63. The summed E-state index contributed by atoms with van der Waals surface area (Å²) >= 11 is 0. The van der Waals surface area contributed by atoms with E-state index in [9.17, 15) is 22.8 Å². The van der Waals surface area contributed by atoms with Crippen LogP contribution < -0.4 is 10.6 Å². The highest BCUT2D eigenvalue weighted by Crippen LogP contribution is 2.41. The summed E-state index contributed by atoms with van der Waals surface area (Å²) in [5, 5.41) is 3.96. The number of anilines is 1. The first-order valence-corrected chi connectivity index (χ1v) is 11.9. The number of hydrogen-bond acceptors (Lipinski definition) is 5. The summed E-state index contributed by atoms with van der Waals surface area (Å²) in [5.41, 5.74) is 6.04. The van der Waals surface area contributed by atoms with Crippen molar-refractivity contribution in [3.05, 3.63) is 47.3 Å². The maximum Gasteiger partial charge on any atom is 0.416 e. The molecule has 188 valence electrons. The first-order chi connectivity index (χ1) is 16.6. The zero-order valence-corrected chi connectivity index (χ0v) is 19.4. The largest absolute Gasteiger partial charge is 0.416 e. The zero-order chi connectivity index (χ0) is 24.8. The molecule has 2 N–H and O–H groups in total. The van der Waals surface area contributed by atoms with Gasteiger partial charge < -0.3 is 15.5 Å². The number of alkyl halides is 3. The van der Waals surface area contributed by atoms with E-state index >= 15 is 0 Å². The van der Waals surface area contributed by atoms with Gasteiger partial charge in [0.2, 0.25) is 0 Å². The summed E-state index contributed by atoms with van der Waals surface area (Å²) in [6.07, 6.45) is 1.91. The van der Waals surface area contributed by atoms with Gasteiger partial charge in [-0.2, -0.15) is 23.0 Å². The van der Waals surface area contributed by atoms with Crippen LogP contribution in [0.4, 0.5) is 23.7 Å². The third kappa shape index (κ3) is 4.86. The van der Waals surface area contributed by atoms with Crippen molar-refractivity contribution in [2.75, 3.05) is 44.2 Å². The minimum atomic E-state index is -4.39. The van der Waals surface area contributed by atoms with Crippen LogP contribution in [-0.2, 0) is 12.7 Å². The van der Waals surface area contributed by atoms with Gasteiger partial charge in [-0.25, -0.2) is 4.79 Å². The third-order valence-corrected chi connectivity index (χ3v) is 7.47. The van der Waals surface area contributed by atoms with Crippen molar-refractivity contribution >= 4 is 17.6 Å². The van der Waals surface area contributed by atoms with E-state index in [2.05, 4.69) is 10.00 Å². The Labute approximate surface area is 201 Å². The van der Waals surface area contributed by atoms with E-state index in [4.69, 9.17) is 5.73 Å². The Kier molecular flexibility index (Phi) is 5.98. The molecule has 11 heteroatoms. The van der Waals surface area contributed by atoms with E-state index in [1.807, 2.05) is 11.0 Å². The zero-order valence-electron chi connectivity index (χ0n) is 19.4. The fraction of sp³-hybridized carbons (Fsp3) is 0.542. The van der Waals surface area contributed by atoms with Gasteiger partial charge in [0.1, 0.15) is 0 Å². The van der Waals surface area contributed by atoms with Crippen LogP contribution in [0.2, 0.25) is 0 Å². The number of benzene rings is 1. The highest BCUT2D eigenvalue weighted by Gasteiger charge is 2.45. The number of carbonyl (C=O) groups excluding carboxylic acids is 2. The molecule has 0 aliphatic carbocycles. The predicted octanol–water partition coefficient (Wildman–Crippen LogP) is 3.17. The molecule has 0 radical (unpaired) electrons. The first kappa shape index (κ1) is 23.7. The molecule has 2 amide bonds. The van der Waals surface area contributed by atoms with Gasteiger partial charge in [0.15, 0.2) is 0 Å². The molecule has 1 atom stereocenters. The Morgan fingerprint density at radius 3 is 2.46 bits per heavy atom.